The zero-order valence-electron chi connectivity index (χ0n) is 9.57. The third-order valence-electron chi connectivity index (χ3n) is 3.05. The van der Waals surface area contributed by atoms with Crippen LogP contribution < -0.4 is 10.6 Å². The summed E-state index contributed by atoms with van der Waals surface area (Å²) in [5, 5.41) is 6.20. The lowest BCUT2D eigenvalue weighted by Gasteiger charge is -2.21. The average Bonchev–Trinajstić information content (AvgIpc) is 2.73. The lowest BCUT2D eigenvalue weighted by Crippen LogP contribution is -2.38. The summed E-state index contributed by atoms with van der Waals surface area (Å²) in [5.41, 5.74) is 0. The van der Waals surface area contributed by atoms with Crippen LogP contribution in [0.5, 0.6) is 0 Å². The minimum Gasteiger partial charge on any atom is -0.349 e. The molecule has 1 aliphatic heterocycles. The number of hydrogen-bond acceptors (Lipinski definition) is 3. The number of hydrogen-bond donors (Lipinski definition) is 2. The van der Waals surface area contributed by atoms with Crippen molar-refractivity contribution in [3.05, 3.63) is 18.2 Å². The third-order valence-corrected chi connectivity index (χ3v) is 3.05. The topological polar surface area (TPSA) is 59.0 Å². The summed E-state index contributed by atoms with van der Waals surface area (Å²) >= 11 is 0. The SMILES string of the molecule is Cn1ccnc1CNC(=O)C1CCNCC1. The molecule has 0 unspecified atom stereocenters. The van der Waals surface area contributed by atoms with Crippen LogP contribution in [0.4, 0.5) is 0 Å². The Morgan fingerprint density at radius 1 is 1.62 bits per heavy atom. The smallest absolute Gasteiger partial charge is 0.223 e. The third kappa shape index (κ3) is 2.61. The van der Waals surface area contributed by atoms with Gasteiger partial charge < -0.3 is 15.2 Å². The Bertz CT molecular complexity index is 355. The fourth-order valence-corrected chi connectivity index (χ4v) is 1.96. The van der Waals surface area contributed by atoms with E-state index in [0.29, 0.717) is 6.54 Å². The second-order valence-electron chi connectivity index (χ2n) is 4.20. The van der Waals surface area contributed by atoms with Crippen LogP contribution in [0.25, 0.3) is 0 Å². The molecular weight excluding hydrogens is 204 g/mol. The summed E-state index contributed by atoms with van der Waals surface area (Å²) in [6, 6.07) is 0. The molecule has 16 heavy (non-hydrogen) atoms. The quantitative estimate of drug-likeness (QED) is 0.759. The van der Waals surface area contributed by atoms with Crippen LogP contribution in [0.3, 0.4) is 0 Å². The Labute approximate surface area is 95.2 Å². The molecule has 1 aliphatic rings. The van der Waals surface area contributed by atoms with E-state index in [9.17, 15) is 4.79 Å². The Hall–Kier alpha value is -1.36. The molecule has 2 heterocycles. The van der Waals surface area contributed by atoms with E-state index >= 15 is 0 Å². The molecule has 0 aromatic carbocycles. The van der Waals surface area contributed by atoms with Gasteiger partial charge in [-0.3, -0.25) is 4.79 Å². The number of piperidine rings is 1. The Morgan fingerprint density at radius 3 is 3.00 bits per heavy atom. The van der Waals surface area contributed by atoms with E-state index in [4.69, 9.17) is 0 Å². The molecule has 2 N–H and O–H groups in total. The maximum Gasteiger partial charge on any atom is 0.223 e. The zero-order valence-corrected chi connectivity index (χ0v) is 9.57. The van der Waals surface area contributed by atoms with E-state index in [0.717, 1.165) is 31.8 Å². The van der Waals surface area contributed by atoms with Crippen molar-refractivity contribution in [3.63, 3.8) is 0 Å². The van der Waals surface area contributed by atoms with Crippen molar-refractivity contribution in [2.45, 2.75) is 19.4 Å². The summed E-state index contributed by atoms with van der Waals surface area (Å²) < 4.78 is 1.92. The first-order valence-electron chi connectivity index (χ1n) is 5.72. The number of rotatable bonds is 3. The fraction of sp³-hybridized carbons (Fsp3) is 0.636. The molecule has 5 nitrogen and oxygen atoms in total. The van der Waals surface area contributed by atoms with Crippen LogP contribution in [0, 0.1) is 5.92 Å². The standard InChI is InChI=1S/C11H18N4O/c1-15-7-6-13-10(15)8-14-11(16)9-2-4-12-5-3-9/h6-7,9,12H,2-5,8H2,1H3,(H,14,16). The fourth-order valence-electron chi connectivity index (χ4n) is 1.96. The molecule has 0 spiro atoms. The molecule has 0 aliphatic carbocycles. The van der Waals surface area contributed by atoms with Crippen LogP contribution in [-0.2, 0) is 18.4 Å². The van der Waals surface area contributed by atoms with Gasteiger partial charge in [-0.25, -0.2) is 4.98 Å². The minimum absolute atomic E-state index is 0.157. The lowest BCUT2D eigenvalue weighted by molar-refractivity contribution is -0.125. The highest BCUT2D eigenvalue weighted by Crippen LogP contribution is 2.11. The van der Waals surface area contributed by atoms with Crippen LogP contribution in [0.15, 0.2) is 12.4 Å². The second kappa shape index (κ2) is 5.12. The van der Waals surface area contributed by atoms with Crippen molar-refractivity contribution in [1.82, 2.24) is 20.2 Å². The summed E-state index contributed by atoms with van der Waals surface area (Å²) in [6.45, 7) is 2.41. The van der Waals surface area contributed by atoms with Crippen molar-refractivity contribution in [1.29, 1.82) is 0 Å². The minimum atomic E-state index is 0.157. The number of carbonyl (C=O) groups excluding carboxylic acids is 1. The van der Waals surface area contributed by atoms with Crippen molar-refractivity contribution in [2.75, 3.05) is 13.1 Å². The maximum absolute atomic E-state index is 11.8. The lowest BCUT2D eigenvalue weighted by atomic mass is 9.97. The van der Waals surface area contributed by atoms with E-state index in [-0.39, 0.29) is 11.8 Å². The summed E-state index contributed by atoms with van der Waals surface area (Å²) in [6.07, 6.45) is 5.50. The largest absolute Gasteiger partial charge is 0.349 e. The van der Waals surface area contributed by atoms with Crippen LogP contribution in [0.1, 0.15) is 18.7 Å². The predicted molar refractivity (Wildman–Crippen MR) is 60.6 cm³/mol. The van der Waals surface area contributed by atoms with Gasteiger partial charge in [-0.2, -0.15) is 0 Å². The molecule has 0 radical (unpaired) electrons. The molecule has 1 aromatic heterocycles. The molecule has 1 aromatic rings. The van der Waals surface area contributed by atoms with Crippen molar-refractivity contribution >= 4 is 5.91 Å². The van der Waals surface area contributed by atoms with Gasteiger partial charge in [-0.1, -0.05) is 0 Å². The Kier molecular flexibility index (Phi) is 3.56. The first-order chi connectivity index (χ1) is 7.77. The van der Waals surface area contributed by atoms with Crippen LogP contribution in [0.2, 0.25) is 0 Å². The van der Waals surface area contributed by atoms with Gasteiger partial charge in [0.1, 0.15) is 5.82 Å². The van der Waals surface area contributed by atoms with E-state index < -0.39 is 0 Å². The first-order valence-corrected chi connectivity index (χ1v) is 5.72. The number of aromatic nitrogens is 2. The Balaban J connectivity index is 1.81. The van der Waals surface area contributed by atoms with Crippen molar-refractivity contribution < 1.29 is 4.79 Å². The predicted octanol–water partition coefficient (Wildman–Crippen LogP) is 0.0359. The van der Waals surface area contributed by atoms with E-state index in [2.05, 4.69) is 15.6 Å². The Morgan fingerprint density at radius 2 is 2.38 bits per heavy atom. The normalized spacial score (nSPS) is 17.3. The highest BCUT2D eigenvalue weighted by molar-refractivity contribution is 5.78. The van der Waals surface area contributed by atoms with E-state index in [1.54, 1.807) is 6.20 Å². The van der Waals surface area contributed by atoms with Gasteiger partial charge >= 0.3 is 0 Å². The van der Waals surface area contributed by atoms with Crippen molar-refractivity contribution in [2.24, 2.45) is 13.0 Å². The van der Waals surface area contributed by atoms with Crippen LogP contribution in [-0.4, -0.2) is 28.5 Å². The van der Waals surface area contributed by atoms with E-state index in [1.165, 1.54) is 0 Å². The summed E-state index contributed by atoms with van der Waals surface area (Å²) in [5.74, 6) is 1.22. The maximum atomic E-state index is 11.8. The second-order valence-corrected chi connectivity index (χ2v) is 4.20. The molecule has 0 atom stereocenters. The highest BCUT2D eigenvalue weighted by Gasteiger charge is 2.20. The van der Waals surface area contributed by atoms with Gasteiger partial charge in [0.2, 0.25) is 5.91 Å². The summed E-state index contributed by atoms with van der Waals surface area (Å²) in [4.78, 5) is 16.0. The van der Waals surface area contributed by atoms with Gasteiger partial charge in [0, 0.05) is 25.4 Å². The summed E-state index contributed by atoms with van der Waals surface area (Å²) in [7, 11) is 1.93. The first kappa shape index (κ1) is 11.1. The molecule has 1 saturated heterocycles. The number of imidazole rings is 1. The molecule has 0 bridgehead atoms. The monoisotopic (exact) mass is 222 g/mol. The molecule has 1 amide bonds. The average molecular weight is 222 g/mol. The van der Waals surface area contributed by atoms with E-state index in [1.807, 2.05) is 17.8 Å². The van der Waals surface area contributed by atoms with Gasteiger partial charge in [-0.05, 0) is 25.9 Å². The van der Waals surface area contributed by atoms with Crippen molar-refractivity contribution in [3.8, 4) is 0 Å². The number of amides is 1. The highest BCUT2D eigenvalue weighted by atomic mass is 16.1. The zero-order chi connectivity index (χ0) is 11.4. The van der Waals surface area contributed by atoms with Gasteiger partial charge in [0.25, 0.3) is 0 Å². The number of nitrogens with zero attached hydrogens (tertiary/aromatic N) is 2. The number of aryl methyl sites for hydroxylation is 1. The van der Waals surface area contributed by atoms with Crippen LogP contribution >= 0.6 is 0 Å². The van der Waals surface area contributed by atoms with Gasteiger partial charge in [-0.15, -0.1) is 0 Å². The molecule has 1 fully saturated rings. The molecule has 0 saturated carbocycles. The molecule has 2 rings (SSSR count). The molecule has 5 heteroatoms. The number of nitrogens with one attached hydrogen (secondary N) is 2. The van der Waals surface area contributed by atoms with Gasteiger partial charge in [0.05, 0.1) is 6.54 Å². The van der Waals surface area contributed by atoms with Gasteiger partial charge in [0.15, 0.2) is 0 Å². The number of carbonyl (C=O) groups is 1. The molecule has 88 valence electrons. The molecular formula is C11H18N4O.